The maximum absolute atomic E-state index is 8.96. The number of nitriles is 1. The summed E-state index contributed by atoms with van der Waals surface area (Å²) in [7, 11) is 1.87. The molecule has 1 aliphatic rings. The van der Waals surface area contributed by atoms with Crippen molar-refractivity contribution in [2.24, 2.45) is 13.0 Å². The van der Waals surface area contributed by atoms with Crippen molar-refractivity contribution in [1.29, 1.82) is 5.26 Å². The van der Waals surface area contributed by atoms with E-state index in [2.05, 4.69) is 63.4 Å². The first-order valence-electron chi connectivity index (χ1n) is 11.2. The number of fused-ring (bicyclic) bond motifs is 1. The fourth-order valence-corrected chi connectivity index (χ4v) is 4.35. The summed E-state index contributed by atoms with van der Waals surface area (Å²) in [5, 5.41) is 18.8. The Bertz CT molecular complexity index is 1340. The molecular formula is C25H26N8. The second-order valence-corrected chi connectivity index (χ2v) is 8.87. The highest BCUT2D eigenvalue weighted by Crippen LogP contribution is 2.37. The number of anilines is 3. The monoisotopic (exact) mass is 438 g/mol. The van der Waals surface area contributed by atoms with Crippen molar-refractivity contribution in [3.05, 3.63) is 54.6 Å². The summed E-state index contributed by atoms with van der Waals surface area (Å²) in [6.45, 7) is 6.25. The third-order valence-corrected chi connectivity index (χ3v) is 6.09. The van der Waals surface area contributed by atoms with Crippen molar-refractivity contribution in [2.45, 2.75) is 26.2 Å². The third-order valence-electron chi connectivity index (χ3n) is 6.09. The number of hydrogen-bond acceptors (Lipinski definition) is 7. The van der Waals surface area contributed by atoms with Crippen molar-refractivity contribution in [3.8, 4) is 17.5 Å². The van der Waals surface area contributed by atoms with Gasteiger partial charge in [0.2, 0.25) is 0 Å². The van der Waals surface area contributed by atoms with Crippen LogP contribution < -0.4 is 10.2 Å². The summed E-state index contributed by atoms with van der Waals surface area (Å²) < 4.78 is 1.73. The van der Waals surface area contributed by atoms with E-state index in [-0.39, 0.29) is 0 Å². The largest absolute Gasteiger partial charge is 0.370 e. The fraction of sp³-hybridized carbons (Fsp3) is 0.320. The third kappa shape index (κ3) is 4.10. The van der Waals surface area contributed by atoms with Gasteiger partial charge in [0.15, 0.2) is 5.82 Å². The van der Waals surface area contributed by atoms with Crippen LogP contribution in [0.4, 0.5) is 17.3 Å². The minimum absolute atomic E-state index is 0.385. The van der Waals surface area contributed by atoms with Gasteiger partial charge in [0.25, 0.3) is 0 Å². The summed E-state index contributed by atoms with van der Waals surface area (Å²) in [6.07, 6.45) is 7.93. The van der Waals surface area contributed by atoms with Gasteiger partial charge in [-0.2, -0.15) is 10.4 Å². The summed E-state index contributed by atoms with van der Waals surface area (Å²) in [5.41, 5.74) is 3.33. The molecule has 1 N–H and O–H groups in total. The van der Waals surface area contributed by atoms with E-state index in [0.29, 0.717) is 29.9 Å². The molecule has 3 aromatic heterocycles. The maximum atomic E-state index is 8.96. The second-order valence-electron chi connectivity index (χ2n) is 8.87. The topological polar surface area (TPSA) is 95.5 Å². The van der Waals surface area contributed by atoms with Crippen molar-refractivity contribution in [2.75, 3.05) is 23.3 Å². The van der Waals surface area contributed by atoms with Crippen LogP contribution in [0.2, 0.25) is 0 Å². The smallest absolute Gasteiger partial charge is 0.164 e. The van der Waals surface area contributed by atoms with E-state index in [1.165, 1.54) is 16.6 Å². The Morgan fingerprint density at radius 1 is 1.12 bits per heavy atom. The van der Waals surface area contributed by atoms with Crippen molar-refractivity contribution >= 4 is 28.1 Å². The second kappa shape index (κ2) is 8.51. The predicted molar refractivity (Wildman–Crippen MR) is 129 cm³/mol. The number of benzene rings is 1. The SMILES string of the molecule is CC(C)c1ccc(N2CC(CC#N)C2)c2cnc(Nc3ccnc(-c4cnn(C)c4)n3)cc12. The Labute approximate surface area is 192 Å². The molecule has 4 aromatic rings. The molecule has 33 heavy (non-hydrogen) atoms. The molecule has 1 saturated heterocycles. The first-order valence-corrected chi connectivity index (χ1v) is 11.2. The molecule has 0 amide bonds. The van der Waals surface area contributed by atoms with Gasteiger partial charge in [0.1, 0.15) is 11.6 Å². The predicted octanol–water partition coefficient (Wildman–Crippen LogP) is 4.64. The van der Waals surface area contributed by atoms with E-state index in [1.54, 1.807) is 17.1 Å². The average Bonchev–Trinajstić information content (AvgIpc) is 3.22. The van der Waals surface area contributed by atoms with E-state index in [9.17, 15) is 0 Å². The van der Waals surface area contributed by atoms with Crippen LogP contribution in [0.25, 0.3) is 22.2 Å². The van der Waals surface area contributed by atoms with Crippen LogP contribution in [0.3, 0.4) is 0 Å². The Morgan fingerprint density at radius 2 is 1.97 bits per heavy atom. The van der Waals surface area contributed by atoms with E-state index in [4.69, 9.17) is 10.2 Å². The molecule has 0 aliphatic carbocycles. The van der Waals surface area contributed by atoms with Gasteiger partial charge >= 0.3 is 0 Å². The number of nitrogens with one attached hydrogen (secondary N) is 1. The zero-order valence-electron chi connectivity index (χ0n) is 19.0. The first-order chi connectivity index (χ1) is 16.0. The number of rotatable bonds is 6. The van der Waals surface area contributed by atoms with Crippen molar-refractivity contribution in [3.63, 3.8) is 0 Å². The van der Waals surface area contributed by atoms with Crippen molar-refractivity contribution in [1.82, 2.24) is 24.7 Å². The van der Waals surface area contributed by atoms with Crippen LogP contribution >= 0.6 is 0 Å². The van der Waals surface area contributed by atoms with E-state index in [0.717, 1.165) is 29.9 Å². The molecule has 5 rings (SSSR count). The molecule has 166 valence electrons. The Hall–Kier alpha value is -3.99. The summed E-state index contributed by atoms with van der Waals surface area (Å²) in [4.78, 5) is 16.0. The minimum atomic E-state index is 0.385. The van der Waals surface area contributed by atoms with Crippen LogP contribution in [-0.2, 0) is 7.05 Å². The van der Waals surface area contributed by atoms with Crippen LogP contribution in [-0.4, -0.2) is 37.8 Å². The van der Waals surface area contributed by atoms with Gasteiger partial charge in [-0.15, -0.1) is 0 Å². The number of aryl methyl sites for hydroxylation is 1. The quantitative estimate of drug-likeness (QED) is 0.468. The molecule has 1 aromatic carbocycles. The summed E-state index contributed by atoms with van der Waals surface area (Å²) >= 11 is 0. The Kier molecular flexibility index (Phi) is 5.38. The molecule has 0 bridgehead atoms. The standard InChI is InChI=1S/C25H26N8/c1-16(2)19-4-5-22(33-13-17(14-33)6-8-26)21-12-28-24(10-20(19)21)30-23-7-9-27-25(31-23)18-11-29-32(3)15-18/h4-5,7,9-12,15-17H,6,13-14H2,1-3H3,(H,27,28,30,31). The van der Waals surface area contributed by atoms with E-state index >= 15 is 0 Å². The number of nitrogens with zero attached hydrogens (tertiary/aromatic N) is 7. The lowest BCUT2D eigenvalue weighted by molar-refractivity contribution is 0.419. The number of hydrogen-bond donors (Lipinski definition) is 1. The molecule has 4 heterocycles. The molecule has 1 fully saturated rings. The van der Waals surface area contributed by atoms with Gasteiger partial charge in [-0.3, -0.25) is 4.68 Å². The lowest BCUT2D eigenvalue weighted by Crippen LogP contribution is -2.46. The Morgan fingerprint density at radius 3 is 2.70 bits per heavy atom. The van der Waals surface area contributed by atoms with Gasteiger partial charge in [-0.25, -0.2) is 15.0 Å². The lowest BCUT2D eigenvalue weighted by atomic mass is 9.92. The molecule has 8 nitrogen and oxygen atoms in total. The molecule has 1 aliphatic heterocycles. The molecule has 0 saturated carbocycles. The molecule has 0 spiro atoms. The number of pyridine rings is 1. The summed E-state index contributed by atoms with van der Waals surface area (Å²) in [6, 6.07) is 10.6. The van der Waals surface area contributed by atoms with Crippen LogP contribution in [0, 0.1) is 17.2 Å². The highest BCUT2D eigenvalue weighted by Gasteiger charge is 2.28. The van der Waals surface area contributed by atoms with Gasteiger partial charge in [-0.1, -0.05) is 19.9 Å². The summed E-state index contributed by atoms with van der Waals surface area (Å²) in [5.74, 6) is 2.87. The lowest BCUT2D eigenvalue weighted by Gasteiger charge is -2.40. The normalized spacial score (nSPS) is 13.8. The van der Waals surface area contributed by atoms with Crippen molar-refractivity contribution < 1.29 is 0 Å². The number of aromatic nitrogens is 5. The minimum Gasteiger partial charge on any atom is -0.370 e. The molecule has 0 radical (unpaired) electrons. The van der Waals surface area contributed by atoms with Gasteiger partial charge in [0.05, 0.1) is 17.8 Å². The molecule has 0 unspecified atom stereocenters. The first kappa shape index (κ1) is 20.9. The average molecular weight is 439 g/mol. The van der Waals surface area contributed by atoms with E-state index < -0.39 is 0 Å². The highest BCUT2D eigenvalue weighted by molar-refractivity contribution is 5.98. The van der Waals surface area contributed by atoms with Gasteiger partial charge in [0, 0.05) is 62.1 Å². The van der Waals surface area contributed by atoms with Crippen LogP contribution in [0.5, 0.6) is 0 Å². The zero-order chi connectivity index (χ0) is 22.9. The fourth-order valence-electron chi connectivity index (χ4n) is 4.35. The van der Waals surface area contributed by atoms with E-state index in [1.807, 2.05) is 25.5 Å². The molecule has 0 atom stereocenters. The highest BCUT2D eigenvalue weighted by atomic mass is 15.2. The van der Waals surface area contributed by atoms with Gasteiger partial charge in [-0.05, 0) is 35.1 Å². The van der Waals surface area contributed by atoms with Crippen LogP contribution in [0.15, 0.2) is 49.1 Å². The molecule has 8 heteroatoms. The van der Waals surface area contributed by atoms with Gasteiger partial charge < -0.3 is 10.2 Å². The zero-order valence-corrected chi connectivity index (χ0v) is 19.0. The molecular weight excluding hydrogens is 412 g/mol. The Balaban J connectivity index is 1.47. The van der Waals surface area contributed by atoms with Crippen LogP contribution in [0.1, 0.15) is 31.7 Å². The maximum Gasteiger partial charge on any atom is 0.164 e.